The lowest BCUT2D eigenvalue weighted by molar-refractivity contribution is 0.332. The van der Waals surface area contributed by atoms with Gasteiger partial charge in [0.25, 0.3) is 0 Å². The molecule has 0 amide bonds. The fourth-order valence-electron chi connectivity index (χ4n) is 1.63. The summed E-state index contributed by atoms with van der Waals surface area (Å²) in [6, 6.07) is 13.7. The fraction of sp³-hybridized carbons (Fsp3) is 0.200. The molecular weight excluding hydrogens is 245 g/mol. The van der Waals surface area contributed by atoms with Gasteiger partial charge < -0.3 is 14.8 Å². The van der Waals surface area contributed by atoms with Gasteiger partial charge in [0, 0.05) is 18.3 Å². The smallest absolute Gasteiger partial charge is 0.123 e. The molecule has 0 aliphatic heterocycles. The normalized spacial score (nSPS) is 10.0. The van der Waals surface area contributed by atoms with E-state index in [9.17, 15) is 4.39 Å². The van der Waals surface area contributed by atoms with Crippen molar-refractivity contribution in [1.29, 1.82) is 0 Å². The third-order valence-corrected chi connectivity index (χ3v) is 2.58. The van der Waals surface area contributed by atoms with Crippen molar-refractivity contribution < 1.29 is 13.9 Å². The Morgan fingerprint density at radius 1 is 1.05 bits per heavy atom. The lowest BCUT2D eigenvalue weighted by Crippen LogP contribution is -2.11. The maximum Gasteiger partial charge on any atom is 0.123 e. The minimum Gasteiger partial charge on any atom is -0.497 e. The minimum atomic E-state index is -0.262. The quantitative estimate of drug-likeness (QED) is 0.809. The summed E-state index contributed by atoms with van der Waals surface area (Å²) >= 11 is 0. The van der Waals surface area contributed by atoms with Crippen LogP contribution in [0.3, 0.4) is 0 Å². The van der Waals surface area contributed by atoms with Crippen LogP contribution in [0.2, 0.25) is 0 Å². The zero-order valence-corrected chi connectivity index (χ0v) is 10.7. The van der Waals surface area contributed by atoms with Gasteiger partial charge in [-0.3, -0.25) is 0 Å². The van der Waals surface area contributed by atoms with E-state index in [1.54, 1.807) is 19.2 Å². The molecule has 0 aliphatic rings. The zero-order valence-electron chi connectivity index (χ0n) is 10.7. The number of halogens is 1. The van der Waals surface area contributed by atoms with Crippen LogP contribution in [0.25, 0.3) is 0 Å². The average molecular weight is 261 g/mol. The van der Waals surface area contributed by atoms with Crippen molar-refractivity contribution in [2.45, 2.75) is 0 Å². The Labute approximate surface area is 112 Å². The molecule has 3 nitrogen and oxygen atoms in total. The van der Waals surface area contributed by atoms with Crippen LogP contribution in [-0.2, 0) is 0 Å². The van der Waals surface area contributed by atoms with Crippen molar-refractivity contribution in [3.8, 4) is 11.5 Å². The largest absolute Gasteiger partial charge is 0.497 e. The second-order valence-electron chi connectivity index (χ2n) is 3.96. The molecule has 0 spiro atoms. The predicted octanol–water partition coefficient (Wildman–Crippen LogP) is 3.33. The zero-order chi connectivity index (χ0) is 13.5. The third kappa shape index (κ3) is 4.17. The van der Waals surface area contributed by atoms with Gasteiger partial charge in [0.05, 0.1) is 7.11 Å². The first-order valence-corrected chi connectivity index (χ1v) is 6.04. The summed E-state index contributed by atoms with van der Waals surface area (Å²) in [6.07, 6.45) is 0. The van der Waals surface area contributed by atoms with Crippen LogP contribution in [0.15, 0.2) is 48.5 Å². The Morgan fingerprint density at radius 3 is 2.58 bits per heavy atom. The van der Waals surface area contributed by atoms with Crippen molar-refractivity contribution in [3.05, 3.63) is 54.3 Å². The number of nitrogens with one attached hydrogen (secondary N) is 1. The van der Waals surface area contributed by atoms with Gasteiger partial charge in [0.15, 0.2) is 0 Å². The van der Waals surface area contributed by atoms with Gasteiger partial charge >= 0.3 is 0 Å². The molecule has 100 valence electrons. The molecule has 4 heteroatoms. The first kappa shape index (κ1) is 13.2. The predicted molar refractivity (Wildman–Crippen MR) is 73.4 cm³/mol. The van der Waals surface area contributed by atoms with E-state index in [0.29, 0.717) is 18.9 Å². The number of anilines is 1. The highest BCUT2D eigenvalue weighted by Gasteiger charge is 1.96. The van der Waals surface area contributed by atoms with E-state index in [2.05, 4.69) is 5.32 Å². The second kappa shape index (κ2) is 6.64. The Kier molecular flexibility index (Phi) is 4.61. The van der Waals surface area contributed by atoms with Crippen molar-refractivity contribution in [2.24, 2.45) is 0 Å². The molecule has 0 fully saturated rings. The van der Waals surface area contributed by atoms with Gasteiger partial charge in [-0.15, -0.1) is 0 Å². The number of ether oxygens (including phenoxy) is 2. The monoisotopic (exact) mass is 261 g/mol. The number of hydrogen-bond acceptors (Lipinski definition) is 3. The second-order valence-corrected chi connectivity index (χ2v) is 3.96. The lowest BCUT2D eigenvalue weighted by Gasteiger charge is -2.09. The Bertz CT molecular complexity index is 514. The Balaban J connectivity index is 1.75. The van der Waals surface area contributed by atoms with Crippen molar-refractivity contribution in [1.82, 2.24) is 0 Å². The topological polar surface area (TPSA) is 30.5 Å². The molecule has 0 unspecified atom stereocenters. The SMILES string of the molecule is COc1cccc(NCCOc2ccc(F)cc2)c1. The Hall–Kier alpha value is -2.23. The van der Waals surface area contributed by atoms with Crippen LogP contribution in [-0.4, -0.2) is 20.3 Å². The molecule has 0 bridgehead atoms. The highest BCUT2D eigenvalue weighted by atomic mass is 19.1. The van der Waals surface area contributed by atoms with Crippen molar-refractivity contribution in [2.75, 3.05) is 25.6 Å². The summed E-state index contributed by atoms with van der Waals surface area (Å²) in [5.41, 5.74) is 0.974. The van der Waals surface area contributed by atoms with Gasteiger partial charge in [-0.1, -0.05) is 6.07 Å². The van der Waals surface area contributed by atoms with Crippen LogP contribution in [0.1, 0.15) is 0 Å². The molecule has 2 aromatic carbocycles. The highest BCUT2D eigenvalue weighted by molar-refractivity contribution is 5.48. The molecule has 2 aromatic rings. The van der Waals surface area contributed by atoms with Gasteiger partial charge in [-0.05, 0) is 36.4 Å². The van der Waals surface area contributed by atoms with E-state index in [4.69, 9.17) is 9.47 Å². The Morgan fingerprint density at radius 2 is 1.84 bits per heavy atom. The standard InChI is InChI=1S/C15H16FNO2/c1-18-15-4-2-3-13(11-15)17-9-10-19-14-7-5-12(16)6-8-14/h2-8,11,17H,9-10H2,1H3. The maximum absolute atomic E-state index is 12.7. The van der Waals surface area contributed by atoms with E-state index in [0.717, 1.165) is 11.4 Å². The molecular formula is C15H16FNO2. The molecule has 0 atom stereocenters. The van der Waals surface area contributed by atoms with Crippen LogP contribution < -0.4 is 14.8 Å². The molecule has 0 saturated heterocycles. The summed E-state index contributed by atoms with van der Waals surface area (Å²) in [5.74, 6) is 1.21. The lowest BCUT2D eigenvalue weighted by atomic mass is 10.3. The van der Waals surface area contributed by atoms with E-state index in [1.807, 2.05) is 24.3 Å². The van der Waals surface area contributed by atoms with E-state index >= 15 is 0 Å². The summed E-state index contributed by atoms with van der Waals surface area (Å²) in [4.78, 5) is 0. The summed E-state index contributed by atoms with van der Waals surface area (Å²) < 4.78 is 23.3. The number of benzene rings is 2. The van der Waals surface area contributed by atoms with Crippen molar-refractivity contribution in [3.63, 3.8) is 0 Å². The summed E-state index contributed by atoms with van der Waals surface area (Å²) in [7, 11) is 1.64. The molecule has 2 rings (SSSR count). The molecule has 0 aliphatic carbocycles. The third-order valence-electron chi connectivity index (χ3n) is 2.58. The van der Waals surface area contributed by atoms with Crippen molar-refractivity contribution >= 4 is 5.69 Å². The maximum atomic E-state index is 12.7. The van der Waals surface area contributed by atoms with Gasteiger partial charge in [-0.2, -0.15) is 0 Å². The molecule has 1 N–H and O–H groups in total. The fourth-order valence-corrected chi connectivity index (χ4v) is 1.63. The highest BCUT2D eigenvalue weighted by Crippen LogP contribution is 2.16. The molecule has 0 saturated carbocycles. The van der Waals surface area contributed by atoms with Crippen LogP contribution in [0.4, 0.5) is 10.1 Å². The first-order chi connectivity index (χ1) is 9.28. The van der Waals surface area contributed by atoms with Gasteiger partial charge in [0.1, 0.15) is 23.9 Å². The van der Waals surface area contributed by atoms with E-state index in [-0.39, 0.29) is 5.82 Å². The number of hydrogen-bond donors (Lipinski definition) is 1. The average Bonchev–Trinajstić information content (AvgIpc) is 2.46. The van der Waals surface area contributed by atoms with E-state index < -0.39 is 0 Å². The molecule has 0 aromatic heterocycles. The van der Waals surface area contributed by atoms with E-state index in [1.165, 1.54) is 12.1 Å². The van der Waals surface area contributed by atoms with Crippen LogP contribution in [0.5, 0.6) is 11.5 Å². The molecule has 0 heterocycles. The van der Waals surface area contributed by atoms with Gasteiger partial charge in [-0.25, -0.2) is 4.39 Å². The van der Waals surface area contributed by atoms with Crippen LogP contribution in [0, 0.1) is 5.82 Å². The summed E-state index contributed by atoms with van der Waals surface area (Å²) in [6.45, 7) is 1.16. The number of rotatable bonds is 6. The first-order valence-electron chi connectivity index (χ1n) is 6.04. The van der Waals surface area contributed by atoms with Crippen LogP contribution >= 0.6 is 0 Å². The summed E-state index contributed by atoms with van der Waals surface area (Å²) in [5, 5.41) is 3.22. The molecule has 19 heavy (non-hydrogen) atoms. The van der Waals surface area contributed by atoms with Gasteiger partial charge in [0.2, 0.25) is 0 Å². The minimum absolute atomic E-state index is 0.262. The molecule has 0 radical (unpaired) electrons. The number of methoxy groups -OCH3 is 1.